The van der Waals surface area contributed by atoms with Gasteiger partial charge in [-0.3, -0.25) is 9.10 Å². The molecule has 0 spiro atoms. The average Bonchev–Trinajstić information content (AvgIpc) is 2.83. The normalized spacial score (nSPS) is 12.1. The molecule has 7 heteroatoms. The van der Waals surface area contributed by atoms with E-state index in [-0.39, 0.29) is 23.4 Å². The molecule has 1 atom stereocenters. The summed E-state index contributed by atoms with van der Waals surface area (Å²) in [5, 5.41) is 2.99. The predicted octanol–water partition coefficient (Wildman–Crippen LogP) is 4.77. The van der Waals surface area contributed by atoms with Gasteiger partial charge in [-0.15, -0.1) is 0 Å². The summed E-state index contributed by atoms with van der Waals surface area (Å²) in [5.74, 6) is 0.355. The Morgan fingerprint density at radius 2 is 1.64 bits per heavy atom. The first-order valence-electron chi connectivity index (χ1n) is 10.8. The maximum Gasteiger partial charge on any atom is 0.264 e. The Morgan fingerprint density at radius 1 is 0.970 bits per heavy atom. The minimum absolute atomic E-state index is 0.140. The van der Waals surface area contributed by atoms with E-state index in [1.54, 1.807) is 37.4 Å². The number of carbonyl (C=O) groups excluding carboxylic acids is 1. The van der Waals surface area contributed by atoms with Crippen molar-refractivity contribution in [1.82, 2.24) is 5.32 Å². The fourth-order valence-corrected chi connectivity index (χ4v) is 5.15. The highest BCUT2D eigenvalue weighted by atomic mass is 32.2. The summed E-state index contributed by atoms with van der Waals surface area (Å²) in [6.07, 6.45) is 0.660. The molecular formula is C26H30N2O4S. The number of benzene rings is 3. The van der Waals surface area contributed by atoms with Crippen LogP contribution >= 0.6 is 0 Å². The van der Waals surface area contributed by atoms with Crippen molar-refractivity contribution in [2.45, 2.75) is 38.1 Å². The number of carbonyl (C=O) groups is 1. The number of nitrogens with one attached hydrogen (secondary N) is 1. The van der Waals surface area contributed by atoms with Crippen molar-refractivity contribution in [3.63, 3.8) is 0 Å². The van der Waals surface area contributed by atoms with Crippen LogP contribution in [0.1, 0.15) is 36.1 Å². The second kappa shape index (κ2) is 10.5. The molecule has 1 unspecified atom stereocenters. The first-order chi connectivity index (χ1) is 15.8. The maximum atomic E-state index is 13.6. The third-order valence-electron chi connectivity index (χ3n) is 5.72. The van der Waals surface area contributed by atoms with Crippen molar-refractivity contribution in [3.05, 3.63) is 89.5 Å². The van der Waals surface area contributed by atoms with Gasteiger partial charge in [-0.1, -0.05) is 49.4 Å². The highest BCUT2D eigenvalue weighted by Crippen LogP contribution is 2.29. The lowest BCUT2D eigenvalue weighted by Gasteiger charge is -2.27. The van der Waals surface area contributed by atoms with Crippen molar-refractivity contribution in [2.75, 3.05) is 18.0 Å². The molecule has 0 aromatic heterocycles. The van der Waals surface area contributed by atoms with Crippen LogP contribution in [0.3, 0.4) is 0 Å². The molecule has 0 heterocycles. The Hall–Kier alpha value is -3.32. The number of hydrogen-bond donors (Lipinski definition) is 1. The average molecular weight is 467 g/mol. The molecular weight excluding hydrogens is 436 g/mol. The number of methoxy groups -OCH3 is 1. The topological polar surface area (TPSA) is 75.7 Å². The minimum atomic E-state index is -3.95. The number of rotatable bonds is 9. The van der Waals surface area contributed by atoms with Gasteiger partial charge in [0.05, 0.1) is 23.7 Å². The van der Waals surface area contributed by atoms with E-state index in [1.165, 1.54) is 16.4 Å². The van der Waals surface area contributed by atoms with Gasteiger partial charge in [0.2, 0.25) is 5.91 Å². The molecule has 0 radical (unpaired) electrons. The zero-order valence-corrected chi connectivity index (χ0v) is 20.2. The Morgan fingerprint density at radius 3 is 2.24 bits per heavy atom. The number of aryl methyl sites for hydroxylation is 1. The van der Waals surface area contributed by atoms with Crippen LogP contribution < -0.4 is 14.4 Å². The van der Waals surface area contributed by atoms with Crippen molar-refractivity contribution in [3.8, 4) is 5.75 Å². The summed E-state index contributed by atoms with van der Waals surface area (Å²) in [4.78, 5) is 13.3. The summed E-state index contributed by atoms with van der Waals surface area (Å²) in [7, 11) is -2.35. The first kappa shape index (κ1) is 24.3. The summed E-state index contributed by atoms with van der Waals surface area (Å²) in [6.45, 7) is 5.43. The van der Waals surface area contributed by atoms with Gasteiger partial charge in [0.1, 0.15) is 12.3 Å². The Balaban J connectivity index is 1.92. The summed E-state index contributed by atoms with van der Waals surface area (Å²) < 4.78 is 33.5. The third kappa shape index (κ3) is 5.54. The van der Waals surface area contributed by atoms with Crippen LogP contribution in [0, 0.1) is 13.8 Å². The van der Waals surface area contributed by atoms with Gasteiger partial charge in [-0.05, 0) is 67.3 Å². The van der Waals surface area contributed by atoms with E-state index in [1.807, 2.05) is 51.1 Å². The SMILES string of the molecule is CCC(NC(=O)CN(c1cccc(C)c1C)S(=O)(=O)c1ccccc1)c1ccc(OC)cc1. The van der Waals surface area contributed by atoms with Crippen LogP contribution in [-0.2, 0) is 14.8 Å². The quantitative estimate of drug-likeness (QED) is 0.493. The summed E-state index contributed by atoms with van der Waals surface area (Å²) in [6, 6.07) is 20.9. The molecule has 33 heavy (non-hydrogen) atoms. The van der Waals surface area contributed by atoms with Crippen LogP contribution in [0.5, 0.6) is 5.75 Å². The zero-order valence-electron chi connectivity index (χ0n) is 19.4. The minimum Gasteiger partial charge on any atom is -0.497 e. The van der Waals surface area contributed by atoms with E-state index < -0.39 is 10.0 Å². The molecule has 174 valence electrons. The number of amides is 1. The second-order valence-electron chi connectivity index (χ2n) is 7.85. The van der Waals surface area contributed by atoms with Crippen LogP contribution in [0.15, 0.2) is 77.7 Å². The van der Waals surface area contributed by atoms with E-state index in [0.717, 1.165) is 22.4 Å². The molecule has 3 aromatic rings. The molecule has 0 aliphatic rings. The van der Waals surface area contributed by atoms with Gasteiger partial charge in [-0.2, -0.15) is 0 Å². The molecule has 3 aromatic carbocycles. The van der Waals surface area contributed by atoms with E-state index in [2.05, 4.69) is 5.32 Å². The summed E-state index contributed by atoms with van der Waals surface area (Å²) >= 11 is 0. The first-order valence-corrected chi connectivity index (χ1v) is 12.3. The number of hydrogen-bond acceptors (Lipinski definition) is 4. The molecule has 0 aliphatic carbocycles. The molecule has 1 amide bonds. The Labute approximate surface area is 196 Å². The van der Waals surface area contributed by atoms with Gasteiger partial charge in [0, 0.05) is 0 Å². The van der Waals surface area contributed by atoms with Gasteiger partial charge in [0.25, 0.3) is 10.0 Å². The predicted molar refractivity (Wildman–Crippen MR) is 131 cm³/mol. The van der Waals surface area contributed by atoms with E-state index in [4.69, 9.17) is 4.74 Å². The van der Waals surface area contributed by atoms with E-state index in [9.17, 15) is 13.2 Å². The molecule has 0 fully saturated rings. The van der Waals surface area contributed by atoms with E-state index in [0.29, 0.717) is 12.1 Å². The van der Waals surface area contributed by atoms with Gasteiger partial charge >= 0.3 is 0 Å². The fraction of sp³-hybridized carbons (Fsp3) is 0.269. The highest BCUT2D eigenvalue weighted by molar-refractivity contribution is 7.92. The molecule has 0 saturated carbocycles. The number of anilines is 1. The lowest BCUT2D eigenvalue weighted by Crippen LogP contribution is -2.42. The van der Waals surface area contributed by atoms with Gasteiger partial charge in [-0.25, -0.2) is 8.42 Å². The van der Waals surface area contributed by atoms with Gasteiger partial charge < -0.3 is 10.1 Å². The molecule has 6 nitrogen and oxygen atoms in total. The monoisotopic (exact) mass is 466 g/mol. The van der Waals surface area contributed by atoms with Crippen molar-refractivity contribution in [1.29, 1.82) is 0 Å². The number of ether oxygens (including phenoxy) is 1. The van der Waals surface area contributed by atoms with Crippen LogP contribution in [0.25, 0.3) is 0 Å². The molecule has 0 bridgehead atoms. The molecule has 0 aliphatic heterocycles. The van der Waals surface area contributed by atoms with Crippen LogP contribution in [0.2, 0.25) is 0 Å². The second-order valence-corrected chi connectivity index (χ2v) is 9.71. The largest absolute Gasteiger partial charge is 0.497 e. The zero-order chi connectivity index (χ0) is 24.0. The van der Waals surface area contributed by atoms with Gasteiger partial charge in [0.15, 0.2) is 0 Å². The number of nitrogens with zero attached hydrogens (tertiary/aromatic N) is 1. The smallest absolute Gasteiger partial charge is 0.264 e. The maximum absolute atomic E-state index is 13.6. The Bertz CT molecular complexity index is 1190. The van der Waals surface area contributed by atoms with Crippen molar-refractivity contribution in [2.24, 2.45) is 0 Å². The third-order valence-corrected chi connectivity index (χ3v) is 7.50. The molecule has 1 N–H and O–H groups in total. The molecule has 0 saturated heterocycles. The number of sulfonamides is 1. The lowest BCUT2D eigenvalue weighted by molar-refractivity contribution is -0.120. The highest BCUT2D eigenvalue weighted by Gasteiger charge is 2.29. The lowest BCUT2D eigenvalue weighted by atomic mass is 10.0. The standard InChI is InChI=1S/C26H30N2O4S/c1-5-24(21-14-16-22(32-4)17-15-21)27-26(29)18-28(25-13-9-10-19(2)20(25)3)33(30,31)23-11-7-6-8-12-23/h6-17,24H,5,18H2,1-4H3,(H,27,29). The van der Waals surface area contributed by atoms with Crippen molar-refractivity contribution < 1.29 is 17.9 Å². The fourth-order valence-electron chi connectivity index (χ4n) is 3.65. The van der Waals surface area contributed by atoms with E-state index >= 15 is 0 Å². The summed E-state index contributed by atoms with van der Waals surface area (Å²) in [5.41, 5.74) is 3.18. The van der Waals surface area contributed by atoms with Crippen LogP contribution in [-0.4, -0.2) is 28.0 Å². The van der Waals surface area contributed by atoms with Crippen LogP contribution in [0.4, 0.5) is 5.69 Å². The molecule has 3 rings (SSSR count). The Kier molecular flexibility index (Phi) is 7.76. The van der Waals surface area contributed by atoms with Crippen molar-refractivity contribution >= 4 is 21.6 Å².